The van der Waals surface area contributed by atoms with Gasteiger partial charge in [0.2, 0.25) is 0 Å². The first-order chi connectivity index (χ1) is 6.99. The molecule has 0 unspecified atom stereocenters. The number of hydrogen-bond acceptors (Lipinski definition) is 3. The monoisotopic (exact) mass is 229 g/mol. The summed E-state index contributed by atoms with van der Waals surface area (Å²) < 4.78 is 30.5. The van der Waals surface area contributed by atoms with Gasteiger partial charge in [0.25, 0.3) is 0 Å². The first-order valence-corrected chi connectivity index (χ1v) is 5.89. The lowest BCUT2D eigenvalue weighted by Gasteiger charge is -1.97. The van der Waals surface area contributed by atoms with Gasteiger partial charge in [-0.1, -0.05) is 30.3 Å². The summed E-state index contributed by atoms with van der Waals surface area (Å²) >= 11 is 0. The van der Waals surface area contributed by atoms with Gasteiger partial charge in [0.1, 0.15) is 10.1 Å². The summed E-state index contributed by atoms with van der Waals surface area (Å²) in [5.74, 6) is 0. The van der Waals surface area contributed by atoms with Gasteiger partial charge < -0.3 is 9.87 Å². The minimum atomic E-state index is -4.25. The van der Waals surface area contributed by atoms with Crippen molar-refractivity contribution in [2.24, 2.45) is 0 Å². The van der Waals surface area contributed by atoms with E-state index in [1.165, 1.54) is 6.08 Å². The summed E-state index contributed by atoms with van der Waals surface area (Å²) in [6, 6.07) is 8.75. The van der Waals surface area contributed by atoms with Crippen LogP contribution < -0.4 is 5.32 Å². The van der Waals surface area contributed by atoms with Crippen molar-refractivity contribution in [3.8, 4) is 0 Å². The smallest absolute Gasteiger partial charge is 0.117 e. The standard InChI is InChI=1S/C8H8O3S.C2H7N/c9-12(10,11)7-6-8-4-2-1-3-5-8;1-3-2/h1-7H,(H,9,10,11);3H,1-2H3. The van der Waals surface area contributed by atoms with E-state index in [1.54, 1.807) is 24.3 Å². The minimum absolute atomic E-state index is 0.641. The van der Waals surface area contributed by atoms with Crippen molar-refractivity contribution in [3.05, 3.63) is 41.3 Å². The van der Waals surface area contributed by atoms with E-state index in [2.05, 4.69) is 0 Å². The third kappa shape index (κ3) is 9.14. The van der Waals surface area contributed by atoms with Crippen molar-refractivity contribution >= 4 is 16.2 Å². The molecule has 0 saturated carbocycles. The summed E-state index contributed by atoms with van der Waals surface area (Å²) in [7, 11) is -0.253. The molecular weight excluding hydrogens is 214 g/mol. The van der Waals surface area contributed by atoms with Gasteiger partial charge >= 0.3 is 0 Å². The summed E-state index contributed by atoms with van der Waals surface area (Å²) in [5.41, 5.74) is 0.692. The van der Waals surface area contributed by atoms with E-state index in [-0.39, 0.29) is 0 Å². The Morgan fingerprint density at radius 3 is 2.07 bits per heavy atom. The zero-order valence-corrected chi connectivity index (χ0v) is 9.57. The molecule has 0 fully saturated rings. The summed E-state index contributed by atoms with van der Waals surface area (Å²) in [5, 5.41) is 2.64. The van der Waals surface area contributed by atoms with Crippen molar-refractivity contribution < 1.29 is 18.3 Å². The molecule has 0 aliphatic rings. The number of nitrogens with two attached hydrogens (primary N) is 1. The lowest BCUT2D eigenvalue weighted by molar-refractivity contribution is -0.597. The van der Waals surface area contributed by atoms with Gasteiger partial charge in [-0.25, -0.2) is 8.42 Å². The highest BCUT2D eigenvalue weighted by Crippen LogP contribution is 2.01. The first-order valence-electron chi connectivity index (χ1n) is 4.42. The fourth-order valence-electron chi connectivity index (χ4n) is 0.726. The molecule has 1 rings (SSSR count). The molecule has 1 aromatic rings. The zero-order chi connectivity index (χ0) is 11.7. The summed E-state index contributed by atoms with van der Waals surface area (Å²) in [6.07, 6.45) is 1.27. The molecule has 0 amide bonds. The minimum Gasteiger partial charge on any atom is -0.744 e. The van der Waals surface area contributed by atoms with Crippen LogP contribution in [0.2, 0.25) is 0 Å². The first kappa shape index (κ1) is 13.8. The largest absolute Gasteiger partial charge is 0.744 e. The maximum absolute atomic E-state index is 10.2. The van der Waals surface area contributed by atoms with Crippen LogP contribution in [0.4, 0.5) is 0 Å². The van der Waals surface area contributed by atoms with Gasteiger partial charge in [-0.05, 0) is 11.6 Å². The van der Waals surface area contributed by atoms with Crippen LogP contribution in [0.5, 0.6) is 0 Å². The van der Waals surface area contributed by atoms with E-state index >= 15 is 0 Å². The molecule has 0 heterocycles. The molecule has 0 bridgehead atoms. The number of benzene rings is 1. The lowest BCUT2D eigenvalue weighted by atomic mass is 10.2. The van der Waals surface area contributed by atoms with Gasteiger partial charge in [-0.2, -0.15) is 0 Å². The molecule has 0 saturated heterocycles. The fourth-order valence-corrected chi connectivity index (χ4v) is 1.05. The Morgan fingerprint density at radius 2 is 1.67 bits per heavy atom. The molecule has 4 nitrogen and oxygen atoms in total. The normalized spacial score (nSPS) is 10.9. The Hall–Kier alpha value is -1.17. The van der Waals surface area contributed by atoms with Crippen LogP contribution in [0.1, 0.15) is 5.56 Å². The van der Waals surface area contributed by atoms with Crippen molar-refractivity contribution in [1.82, 2.24) is 0 Å². The molecule has 0 aliphatic carbocycles. The Balaban J connectivity index is 0.000000583. The van der Waals surface area contributed by atoms with Crippen LogP contribution in [0.15, 0.2) is 35.7 Å². The molecule has 0 radical (unpaired) electrons. The van der Waals surface area contributed by atoms with Gasteiger partial charge in [0.15, 0.2) is 0 Å². The molecular formula is C10H15NO3S. The van der Waals surface area contributed by atoms with E-state index in [4.69, 9.17) is 0 Å². The molecule has 2 N–H and O–H groups in total. The number of quaternary nitrogens is 1. The fraction of sp³-hybridized carbons (Fsp3) is 0.200. The average Bonchev–Trinajstić information content (AvgIpc) is 2.17. The summed E-state index contributed by atoms with van der Waals surface area (Å²) in [4.78, 5) is 0. The van der Waals surface area contributed by atoms with Crippen LogP contribution in [-0.4, -0.2) is 27.1 Å². The van der Waals surface area contributed by atoms with Crippen LogP contribution in [0, 0.1) is 0 Å². The van der Waals surface area contributed by atoms with Crippen LogP contribution in [0.3, 0.4) is 0 Å². The third-order valence-electron chi connectivity index (χ3n) is 1.23. The maximum atomic E-state index is 10.2. The van der Waals surface area contributed by atoms with Crippen LogP contribution in [-0.2, 0) is 10.1 Å². The molecule has 5 heteroatoms. The van der Waals surface area contributed by atoms with Gasteiger partial charge in [0, 0.05) is 5.41 Å². The van der Waals surface area contributed by atoms with Crippen LogP contribution in [0.25, 0.3) is 6.08 Å². The van der Waals surface area contributed by atoms with Crippen molar-refractivity contribution in [3.63, 3.8) is 0 Å². The molecule has 0 aromatic heterocycles. The molecule has 84 valence electrons. The van der Waals surface area contributed by atoms with E-state index in [0.717, 1.165) is 0 Å². The predicted octanol–water partition coefficient (Wildman–Crippen LogP) is 0.0119. The quantitative estimate of drug-likeness (QED) is 0.726. The zero-order valence-electron chi connectivity index (χ0n) is 8.75. The molecule has 15 heavy (non-hydrogen) atoms. The van der Waals surface area contributed by atoms with Crippen molar-refractivity contribution in [2.45, 2.75) is 0 Å². The number of hydrogen-bond donors (Lipinski definition) is 1. The summed E-state index contributed by atoms with van der Waals surface area (Å²) in [6.45, 7) is 0. The predicted molar refractivity (Wildman–Crippen MR) is 58.9 cm³/mol. The SMILES string of the molecule is C[NH2+]C.O=S(=O)([O-])C=Cc1ccccc1. The third-order valence-corrected chi connectivity index (χ3v) is 1.70. The van der Waals surface area contributed by atoms with Gasteiger partial charge in [-0.15, -0.1) is 0 Å². The second-order valence-electron chi connectivity index (χ2n) is 2.78. The second kappa shape index (κ2) is 7.17. The Bertz CT molecular complexity index is 384. The van der Waals surface area contributed by atoms with E-state index in [0.29, 0.717) is 11.0 Å². The van der Waals surface area contributed by atoms with Crippen LogP contribution >= 0.6 is 0 Å². The van der Waals surface area contributed by atoms with Crippen molar-refractivity contribution in [1.29, 1.82) is 0 Å². The highest BCUT2D eigenvalue weighted by Gasteiger charge is 1.85. The highest BCUT2D eigenvalue weighted by molar-refractivity contribution is 7.88. The topological polar surface area (TPSA) is 73.8 Å². The maximum Gasteiger partial charge on any atom is 0.117 e. The molecule has 1 aromatic carbocycles. The van der Waals surface area contributed by atoms with E-state index in [1.807, 2.05) is 25.5 Å². The molecule has 0 aliphatic heterocycles. The van der Waals surface area contributed by atoms with Gasteiger partial charge in [0.05, 0.1) is 14.1 Å². The van der Waals surface area contributed by atoms with Crippen molar-refractivity contribution in [2.75, 3.05) is 14.1 Å². The highest BCUT2D eigenvalue weighted by atomic mass is 32.2. The number of rotatable bonds is 2. The Morgan fingerprint density at radius 1 is 1.20 bits per heavy atom. The van der Waals surface area contributed by atoms with E-state index in [9.17, 15) is 13.0 Å². The van der Waals surface area contributed by atoms with Gasteiger partial charge in [-0.3, -0.25) is 0 Å². The second-order valence-corrected chi connectivity index (χ2v) is 4.04. The van der Waals surface area contributed by atoms with E-state index < -0.39 is 10.1 Å². The Labute approximate surface area is 90.4 Å². The lowest BCUT2D eigenvalue weighted by Crippen LogP contribution is -2.74. The average molecular weight is 229 g/mol. The molecule has 0 atom stereocenters. The Kier molecular flexibility index (Phi) is 6.61. The molecule has 0 spiro atoms.